The molecule has 1 rings (SSSR count). The molecule has 1 heterocycles. The second-order valence-electron chi connectivity index (χ2n) is 4.85. The molecule has 1 aliphatic heterocycles. The van der Waals surface area contributed by atoms with Crippen molar-refractivity contribution < 1.29 is 9.47 Å². The summed E-state index contributed by atoms with van der Waals surface area (Å²) in [5, 5.41) is 0.869. The summed E-state index contributed by atoms with van der Waals surface area (Å²) in [6.45, 7) is 8.11. The van der Waals surface area contributed by atoms with Crippen molar-refractivity contribution in [3.8, 4) is 0 Å². The third kappa shape index (κ3) is 2.71. The lowest BCUT2D eigenvalue weighted by molar-refractivity contribution is -0.302. The Morgan fingerprint density at radius 2 is 2.07 bits per heavy atom. The monoisotopic (exact) mass is 264 g/mol. The molecule has 0 saturated carbocycles. The molecule has 0 aromatic carbocycles. The lowest BCUT2D eigenvalue weighted by Gasteiger charge is -2.46. The Balaban J connectivity index is 2.67. The van der Waals surface area contributed by atoms with Gasteiger partial charge in [0, 0.05) is 17.2 Å². The van der Waals surface area contributed by atoms with Gasteiger partial charge in [-0.3, -0.25) is 0 Å². The van der Waals surface area contributed by atoms with Crippen LogP contribution >= 0.6 is 15.9 Å². The van der Waals surface area contributed by atoms with Crippen molar-refractivity contribution >= 4 is 15.9 Å². The van der Waals surface area contributed by atoms with Crippen molar-refractivity contribution in [2.45, 2.75) is 45.8 Å². The lowest BCUT2D eigenvalue weighted by Crippen LogP contribution is -2.50. The van der Waals surface area contributed by atoms with Gasteiger partial charge in [-0.25, -0.2) is 0 Å². The molecule has 0 bridgehead atoms. The van der Waals surface area contributed by atoms with Crippen LogP contribution in [-0.4, -0.2) is 24.3 Å². The van der Waals surface area contributed by atoms with Gasteiger partial charge >= 0.3 is 0 Å². The molecule has 0 aliphatic carbocycles. The number of halogens is 1. The standard InChI is InChI=1S/C11H21BrO2/c1-10(2,3)11(14-9-7-12)6-4-5-8-13-11/h4-9H2,1-3H3. The van der Waals surface area contributed by atoms with Gasteiger partial charge < -0.3 is 9.47 Å². The Morgan fingerprint density at radius 1 is 1.36 bits per heavy atom. The van der Waals surface area contributed by atoms with Crippen molar-refractivity contribution in [3.05, 3.63) is 0 Å². The fourth-order valence-corrected chi connectivity index (χ4v) is 2.06. The predicted molar refractivity (Wildman–Crippen MR) is 61.7 cm³/mol. The predicted octanol–water partition coefficient (Wildman–Crippen LogP) is 3.34. The molecular formula is C11H21BrO2. The molecule has 0 amide bonds. The molecule has 0 radical (unpaired) electrons. The molecule has 0 aromatic heterocycles. The highest BCUT2D eigenvalue weighted by Gasteiger charge is 2.45. The van der Waals surface area contributed by atoms with Gasteiger partial charge in [0.25, 0.3) is 0 Å². The van der Waals surface area contributed by atoms with Crippen molar-refractivity contribution in [1.29, 1.82) is 0 Å². The van der Waals surface area contributed by atoms with Gasteiger partial charge in [-0.1, -0.05) is 36.7 Å². The van der Waals surface area contributed by atoms with Crippen LogP contribution in [0.25, 0.3) is 0 Å². The molecule has 0 aromatic rings. The Labute approximate surface area is 95.5 Å². The van der Waals surface area contributed by atoms with Gasteiger partial charge in [0.05, 0.1) is 13.2 Å². The summed E-state index contributed by atoms with van der Waals surface area (Å²) in [6, 6.07) is 0. The van der Waals surface area contributed by atoms with E-state index >= 15 is 0 Å². The van der Waals surface area contributed by atoms with Crippen molar-refractivity contribution in [2.75, 3.05) is 18.5 Å². The van der Waals surface area contributed by atoms with Crippen LogP contribution in [0, 0.1) is 5.41 Å². The average Bonchev–Trinajstić information content (AvgIpc) is 2.14. The van der Waals surface area contributed by atoms with E-state index in [4.69, 9.17) is 9.47 Å². The van der Waals surface area contributed by atoms with E-state index in [0.717, 1.165) is 31.4 Å². The van der Waals surface area contributed by atoms with E-state index in [9.17, 15) is 0 Å². The molecule has 1 aliphatic rings. The third-order valence-corrected chi connectivity index (χ3v) is 3.11. The maximum Gasteiger partial charge on any atom is 0.173 e. The van der Waals surface area contributed by atoms with Gasteiger partial charge in [-0.2, -0.15) is 0 Å². The van der Waals surface area contributed by atoms with Crippen LogP contribution < -0.4 is 0 Å². The first kappa shape index (κ1) is 12.5. The smallest absolute Gasteiger partial charge is 0.173 e. The Hall–Kier alpha value is 0.400. The Morgan fingerprint density at radius 3 is 2.50 bits per heavy atom. The highest BCUT2D eigenvalue weighted by Crippen LogP contribution is 2.41. The zero-order valence-corrected chi connectivity index (χ0v) is 11.0. The molecule has 1 atom stereocenters. The van der Waals surface area contributed by atoms with Crippen LogP contribution in [0.15, 0.2) is 0 Å². The SMILES string of the molecule is CC(C)(C)C1(OCCBr)CCCCO1. The number of ether oxygens (including phenoxy) is 2. The summed E-state index contributed by atoms with van der Waals surface area (Å²) in [5.74, 6) is -0.362. The molecule has 0 N–H and O–H groups in total. The van der Waals surface area contributed by atoms with Crippen molar-refractivity contribution in [1.82, 2.24) is 0 Å². The molecule has 14 heavy (non-hydrogen) atoms. The molecule has 84 valence electrons. The van der Waals surface area contributed by atoms with E-state index in [0.29, 0.717) is 0 Å². The second-order valence-corrected chi connectivity index (χ2v) is 5.64. The number of hydrogen-bond acceptors (Lipinski definition) is 2. The first-order valence-corrected chi connectivity index (χ1v) is 6.48. The molecular weight excluding hydrogens is 244 g/mol. The Bertz CT molecular complexity index is 169. The minimum absolute atomic E-state index is 0.0512. The molecule has 1 saturated heterocycles. The summed E-state index contributed by atoms with van der Waals surface area (Å²) in [4.78, 5) is 0. The van der Waals surface area contributed by atoms with E-state index in [1.165, 1.54) is 6.42 Å². The van der Waals surface area contributed by atoms with Gasteiger partial charge in [-0.05, 0) is 12.8 Å². The summed E-state index contributed by atoms with van der Waals surface area (Å²) >= 11 is 3.39. The van der Waals surface area contributed by atoms with Crippen LogP contribution in [0.5, 0.6) is 0 Å². The average molecular weight is 265 g/mol. The number of alkyl halides is 1. The van der Waals surface area contributed by atoms with E-state index in [2.05, 4.69) is 36.7 Å². The first-order chi connectivity index (χ1) is 6.52. The molecule has 3 heteroatoms. The van der Waals surface area contributed by atoms with Gasteiger partial charge in [0.15, 0.2) is 5.79 Å². The fourth-order valence-electron chi connectivity index (χ4n) is 1.89. The van der Waals surface area contributed by atoms with Crippen molar-refractivity contribution in [2.24, 2.45) is 5.41 Å². The zero-order chi connectivity index (χ0) is 10.7. The quantitative estimate of drug-likeness (QED) is 0.729. The van der Waals surface area contributed by atoms with Crippen LogP contribution in [0.3, 0.4) is 0 Å². The van der Waals surface area contributed by atoms with Crippen LogP contribution in [0.4, 0.5) is 0 Å². The molecule has 1 fully saturated rings. The molecule has 2 nitrogen and oxygen atoms in total. The summed E-state index contributed by atoms with van der Waals surface area (Å²) < 4.78 is 11.8. The van der Waals surface area contributed by atoms with E-state index in [-0.39, 0.29) is 11.2 Å². The van der Waals surface area contributed by atoms with Gasteiger partial charge in [0.1, 0.15) is 0 Å². The van der Waals surface area contributed by atoms with Crippen LogP contribution in [-0.2, 0) is 9.47 Å². The topological polar surface area (TPSA) is 18.5 Å². The van der Waals surface area contributed by atoms with Crippen LogP contribution in [0.1, 0.15) is 40.0 Å². The largest absolute Gasteiger partial charge is 0.349 e. The van der Waals surface area contributed by atoms with Gasteiger partial charge in [-0.15, -0.1) is 0 Å². The zero-order valence-electron chi connectivity index (χ0n) is 9.44. The van der Waals surface area contributed by atoms with E-state index < -0.39 is 0 Å². The summed E-state index contributed by atoms with van der Waals surface area (Å²) in [6.07, 6.45) is 3.39. The minimum atomic E-state index is -0.362. The van der Waals surface area contributed by atoms with E-state index in [1.54, 1.807) is 0 Å². The second kappa shape index (κ2) is 4.95. The first-order valence-electron chi connectivity index (χ1n) is 5.36. The number of hydrogen-bond donors (Lipinski definition) is 0. The maximum atomic E-state index is 5.92. The maximum absolute atomic E-state index is 5.92. The normalized spacial score (nSPS) is 29.1. The summed E-state index contributed by atoms with van der Waals surface area (Å²) in [5.41, 5.74) is 0.0512. The van der Waals surface area contributed by atoms with E-state index in [1.807, 2.05) is 0 Å². The van der Waals surface area contributed by atoms with Crippen LogP contribution in [0.2, 0.25) is 0 Å². The fraction of sp³-hybridized carbons (Fsp3) is 1.00. The minimum Gasteiger partial charge on any atom is -0.349 e. The highest BCUT2D eigenvalue weighted by molar-refractivity contribution is 9.09. The highest BCUT2D eigenvalue weighted by atomic mass is 79.9. The molecule has 1 unspecified atom stereocenters. The van der Waals surface area contributed by atoms with Gasteiger partial charge in [0.2, 0.25) is 0 Å². The van der Waals surface area contributed by atoms with Crippen molar-refractivity contribution in [3.63, 3.8) is 0 Å². The number of rotatable bonds is 3. The summed E-state index contributed by atoms with van der Waals surface area (Å²) in [7, 11) is 0. The lowest BCUT2D eigenvalue weighted by atomic mass is 9.81. The molecule has 0 spiro atoms. The Kier molecular flexibility index (Phi) is 4.41. The third-order valence-electron chi connectivity index (χ3n) is 2.79.